The minimum absolute atomic E-state index is 0.622. The molecule has 0 N–H and O–H groups in total. The van der Waals surface area contributed by atoms with Crippen LogP contribution in [0.2, 0.25) is 0 Å². The van der Waals surface area contributed by atoms with Crippen molar-refractivity contribution in [2.75, 3.05) is 0 Å². The van der Waals surface area contributed by atoms with Crippen molar-refractivity contribution in [3.63, 3.8) is 0 Å². The van der Waals surface area contributed by atoms with Crippen molar-refractivity contribution in [3.05, 3.63) is 53.6 Å². The van der Waals surface area contributed by atoms with Crippen LogP contribution in [-0.4, -0.2) is 6.29 Å². The maximum absolute atomic E-state index is 12.2. The molecular formula is C12H9F3O. The summed E-state index contributed by atoms with van der Waals surface area (Å²) in [5.41, 5.74) is -0.0309. The Morgan fingerprint density at radius 3 is 2.06 bits per heavy atom. The molecule has 1 aromatic carbocycles. The number of allylic oxidation sites excluding steroid dienone is 3. The molecular weight excluding hydrogens is 217 g/mol. The van der Waals surface area contributed by atoms with Crippen LogP contribution in [-0.2, 0) is 11.0 Å². The SMILES string of the molecule is O=C/C=C/C=Cc1ccc(C(F)(F)F)cc1. The fraction of sp³-hybridized carbons (Fsp3) is 0.0833. The second-order valence-electron chi connectivity index (χ2n) is 3.00. The minimum Gasteiger partial charge on any atom is -0.299 e. The standard InChI is InChI=1S/C12H9F3O/c13-12(14,15)11-7-5-10(6-8-11)4-2-1-3-9-16/h1-9H/b3-1+,4-2?. The zero-order chi connectivity index (χ0) is 12.0. The van der Waals surface area contributed by atoms with Crippen molar-refractivity contribution in [1.82, 2.24) is 0 Å². The molecule has 0 aliphatic heterocycles. The number of carbonyl (C=O) groups is 1. The van der Waals surface area contributed by atoms with Gasteiger partial charge in [0.2, 0.25) is 0 Å². The summed E-state index contributed by atoms with van der Waals surface area (Å²) >= 11 is 0. The molecule has 0 aromatic heterocycles. The van der Waals surface area contributed by atoms with E-state index in [1.54, 1.807) is 12.2 Å². The summed E-state index contributed by atoms with van der Waals surface area (Å²) in [7, 11) is 0. The highest BCUT2D eigenvalue weighted by molar-refractivity contribution is 5.66. The van der Waals surface area contributed by atoms with Gasteiger partial charge >= 0.3 is 6.18 Å². The molecule has 1 aromatic rings. The van der Waals surface area contributed by atoms with Gasteiger partial charge in [-0.3, -0.25) is 4.79 Å². The first-order valence-electron chi connectivity index (χ1n) is 4.50. The van der Waals surface area contributed by atoms with Gasteiger partial charge in [0.15, 0.2) is 0 Å². The molecule has 0 amide bonds. The van der Waals surface area contributed by atoms with Gasteiger partial charge in [-0.1, -0.05) is 30.4 Å². The average Bonchev–Trinajstić information content (AvgIpc) is 2.24. The molecule has 0 aliphatic rings. The highest BCUT2D eigenvalue weighted by Gasteiger charge is 2.29. The normalized spacial score (nSPS) is 12.4. The molecule has 0 saturated heterocycles. The van der Waals surface area contributed by atoms with Crippen LogP contribution in [0.3, 0.4) is 0 Å². The van der Waals surface area contributed by atoms with Crippen LogP contribution in [0.4, 0.5) is 13.2 Å². The van der Waals surface area contributed by atoms with Gasteiger partial charge in [0.05, 0.1) is 5.56 Å². The van der Waals surface area contributed by atoms with Crippen LogP contribution in [0.15, 0.2) is 42.5 Å². The summed E-state index contributed by atoms with van der Waals surface area (Å²) in [5.74, 6) is 0. The predicted octanol–water partition coefficient (Wildman–Crippen LogP) is 3.47. The third-order valence-corrected chi connectivity index (χ3v) is 1.83. The predicted molar refractivity (Wildman–Crippen MR) is 55.7 cm³/mol. The lowest BCUT2D eigenvalue weighted by Gasteiger charge is -2.05. The Hall–Kier alpha value is -1.84. The summed E-state index contributed by atoms with van der Waals surface area (Å²) < 4.78 is 36.6. The molecule has 0 spiro atoms. The first-order chi connectivity index (χ1) is 7.54. The van der Waals surface area contributed by atoms with Gasteiger partial charge in [0.1, 0.15) is 6.29 Å². The summed E-state index contributed by atoms with van der Waals surface area (Å²) in [4.78, 5) is 9.93. The number of alkyl halides is 3. The van der Waals surface area contributed by atoms with E-state index in [1.165, 1.54) is 24.3 Å². The molecule has 0 heterocycles. The van der Waals surface area contributed by atoms with E-state index in [4.69, 9.17) is 0 Å². The lowest BCUT2D eigenvalue weighted by atomic mass is 10.1. The Balaban J connectivity index is 2.76. The van der Waals surface area contributed by atoms with Gasteiger partial charge in [-0.05, 0) is 23.8 Å². The van der Waals surface area contributed by atoms with Crippen molar-refractivity contribution in [2.45, 2.75) is 6.18 Å². The summed E-state index contributed by atoms with van der Waals surface area (Å²) in [6.07, 6.45) is 2.30. The van der Waals surface area contributed by atoms with Crippen molar-refractivity contribution in [1.29, 1.82) is 0 Å². The Labute approximate surface area is 90.9 Å². The van der Waals surface area contributed by atoms with Crippen LogP contribution < -0.4 is 0 Å². The van der Waals surface area contributed by atoms with Crippen LogP contribution in [0.5, 0.6) is 0 Å². The maximum atomic E-state index is 12.2. The van der Waals surface area contributed by atoms with Crippen molar-refractivity contribution in [2.24, 2.45) is 0 Å². The van der Waals surface area contributed by atoms with Crippen LogP contribution in [0, 0.1) is 0 Å². The Morgan fingerprint density at radius 2 is 1.56 bits per heavy atom. The maximum Gasteiger partial charge on any atom is 0.416 e. The summed E-state index contributed by atoms with van der Waals surface area (Å²) in [6.45, 7) is 0. The molecule has 16 heavy (non-hydrogen) atoms. The fourth-order valence-corrected chi connectivity index (χ4v) is 1.06. The lowest BCUT2D eigenvalue weighted by Crippen LogP contribution is -2.03. The third-order valence-electron chi connectivity index (χ3n) is 1.83. The molecule has 0 aliphatic carbocycles. The molecule has 1 nitrogen and oxygen atoms in total. The topological polar surface area (TPSA) is 17.1 Å². The fourth-order valence-electron chi connectivity index (χ4n) is 1.06. The number of benzene rings is 1. The van der Waals surface area contributed by atoms with Crippen molar-refractivity contribution in [3.8, 4) is 0 Å². The van der Waals surface area contributed by atoms with Crippen LogP contribution in [0.1, 0.15) is 11.1 Å². The largest absolute Gasteiger partial charge is 0.416 e. The van der Waals surface area contributed by atoms with Gasteiger partial charge in [-0.2, -0.15) is 13.2 Å². The number of aldehydes is 1. The third kappa shape index (κ3) is 3.73. The van der Waals surface area contributed by atoms with E-state index in [9.17, 15) is 18.0 Å². The average molecular weight is 226 g/mol. The molecule has 0 radical (unpaired) electrons. The van der Waals surface area contributed by atoms with Gasteiger partial charge in [-0.15, -0.1) is 0 Å². The molecule has 0 fully saturated rings. The first kappa shape index (κ1) is 12.2. The highest BCUT2D eigenvalue weighted by atomic mass is 19.4. The van der Waals surface area contributed by atoms with E-state index in [2.05, 4.69) is 0 Å². The van der Waals surface area contributed by atoms with Gasteiger partial charge < -0.3 is 0 Å². The zero-order valence-electron chi connectivity index (χ0n) is 8.24. The molecule has 4 heteroatoms. The molecule has 0 atom stereocenters. The smallest absolute Gasteiger partial charge is 0.299 e. The first-order valence-corrected chi connectivity index (χ1v) is 4.50. The Bertz CT molecular complexity index is 399. The van der Waals surface area contributed by atoms with E-state index in [1.807, 2.05) is 0 Å². The number of halogens is 3. The Morgan fingerprint density at radius 1 is 0.938 bits per heavy atom. The van der Waals surface area contributed by atoms with E-state index in [-0.39, 0.29) is 0 Å². The molecule has 0 unspecified atom stereocenters. The van der Waals surface area contributed by atoms with Gasteiger partial charge in [0.25, 0.3) is 0 Å². The quantitative estimate of drug-likeness (QED) is 0.438. The number of carbonyl (C=O) groups excluding carboxylic acids is 1. The Kier molecular flexibility index (Phi) is 4.05. The van der Waals surface area contributed by atoms with E-state index in [0.29, 0.717) is 11.8 Å². The minimum atomic E-state index is -4.31. The zero-order valence-corrected chi connectivity index (χ0v) is 8.24. The van der Waals surface area contributed by atoms with Crippen molar-refractivity contribution < 1.29 is 18.0 Å². The lowest BCUT2D eigenvalue weighted by molar-refractivity contribution is -0.137. The number of hydrogen-bond donors (Lipinski definition) is 0. The summed E-state index contributed by atoms with van der Waals surface area (Å²) in [5, 5.41) is 0. The molecule has 84 valence electrons. The summed E-state index contributed by atoms with van der Waals surface area (Å²) in [6, 6.07) is 4.77. The van der Waals surface area contributed by atoms with Crippen LogP contribution in [0.25, 0.3) is 6.08 Å². The number of hydrogen-bond acceptors (Lipinski definition) is 1. The van der Waals surface area contributed by atoms with Crippen molar-refractivity contribution >= 4 is 12.4 Å². The highest BCUT2D eigenvalue weighted by Crippen LogP contribution is 2.29. The molecule has 0 saturated carbocycles. The molecule has 0 bridgehead atoms. The van der Waals surface area contributed by atoms with E-state index < -0.39 is 11.7 Å². The van der Waals surface area contributed by atoms with Gasteiger partial charge in [0, 0.05) is 0 Å². The van der Waals surface area contributed by atoms with Gasteiger partial charge in [-0.25, -0.2) is 0 Å². The van der Waals surface area contributed by atoms with E-state index >= 15 is 0 Å². The second-order valence-corrected chi connectivity index (χ2v) is 3.00. The van der Waals surface area contributed by atoms with Crippen LogP contribution >= 0.6 is 0 Å². The number of rotatable bonds is 3. The molecule has 1 rings (SSSR count). The monoisotopic (exact) mass is 226 g/mol. The van der Waals surface area contributed by atoms with E-state index in [0.717, 1.165) is 12.1 Å². The second kappa shape index (κ2) is 5.30.